The largest absolute Gasteiger partial charge is 0 e. The summed E-state index contributed by atoms with van der Waals surface area (Å²) in [6.07, 6.45) is 20.2. The molecule has 0 rings (SSSR count). The average Bonchev–Trinajstić information content (AvgIpc) is 2.43. The van der Waals surface area contributed by atoms with E-state index in [1.54, 1.807) is 0 Å². The van der Waals surface area contributed by atoms with Gasteiger partial charge in [0, 0.05) is 25.9 Å². The minimum absolute atomic E-state index is 0. The third-order valence-corrected chi connectivity index (χ3v) is 3.99. The summed E-state index contributed by atoms with van der Waals surface area (Å²) in [6.45, 7) is 2.27. The van der Waals surface area contributed by atoms with E-state index < -0.39 is 5.97 Å². The van der Waals surface area contributed by atoms with Crippen molar-refractivity contribution >= 4 is 33.3 Å². The van der Waals surface area contributed by atoms with E-state index in [1.165, 1.54) is 83.5 Å². The van der Waals surface area contributed by atoms with Gasteiger partial charge in [-0.25, -0.2) is 0 Å². The zero-order valence-electron chi connectivity index (χ0n) is 15.1. The molecule has 0 spiro atoms. The number of rotatable bonds is 16. The number of carboxylic acid groups (broad SMARTS) is 1. The molecule has 0 amide bonds. The van der Waals surface area contributed by atoms with E-state index in [0.29, 0.717) is 6.42 Å². The summed E-state index contributed by atoms with van der Waals surface area (Å²) < 4.78 is 0. The molecule has 4 heteroatoms. The summed E-state index contributed by atoms with van der Waals surface area (Å²) in [4.78, 5) is 10.3. The van der Waals surface area contributed by atoms with Crippen molar-refractivity contribution in [1.82, 2.24) is 0 Å². The van der Waals surface area contributed by atoms with Crippen molar-refractivity contribution in [2.45, 2.75) is 110 Å². The van der Waals surface area contributed by atoms with Crippen LogP contribution in [-0.4, -0.2) is 38.4 Å². The normalized spacial score (nSPS) is 9.86. The molecule has 0 saturated heterocycles. The molecular weight excluding hydrogens is 521 g/mol. The summed E-state index contributed by atoms with van der Waals surface area (Å²) >= 11 is 0. The molecule has 0 heterocycles. The first-order valence-corrected chi connectivity index (χ1v) is 8.99. The summed E-state index contributed by atoms with van der Waals surface area (Å²) in [7, 11) is 0. The average molecular weight is 559 g/mol. The minimum atomic E-state index is -0.653. The third-order valence-electron chi connectivity index (χ3n) is 3.99. The zero-order chi connectivity index (χ0) is 14.9. The van der Waals surface area contributed by atoms with Gasteiger partial charge in [0.2, 0.25) is 0 Å². The Morgan fingerprint density at radius 2 is 0.909 bits per heavy atom. The topological polar surface area (TPSA) is 37.3 Å². The predicted molar refractivity (Wildman–Crippen MR) is 95.7 cm³/mol. The third kappa shape index (κ3) is 25.9. The van der Waals surface area contributed by atoms with Gasteiger partial charge in [-0.2, -0.15) is 0 Å². The molecule has 0 aromatic heterocycles. The molecule has 0 fully saturated rings. The van der Waals surface area contributed by atoms with Crippen LogP contribution in [0.25, 0.3) is 0 Å². The summed E-state index contributed by atoms with van der Waals surface area (Å²) in [5, 5.41) is 8.52. The maximum atomic E-state index is 10.3. The van der Waals surface area contributed by atoms with E-state index in [9.17, 15) is 4.79 Å². The molecular formula is C18H38O2PbZn. The Bertz CT molecular complexity index is 213. The Balaban J connectivity index is -0.00000180. The number of hydrogen-bond acceptors (Lipinski definition) is 1. The number of carbonyl (C=O) groups is 1. The van der Waals surface area contributed by atoms with Gasteiger partial charge in [-0.15, -0.1) is 0 Å². The van der Waals surface area contributed by atoms with E-state index in [0.717, 1.165) is 12.8 Å². The molecule has 0 aromatic carbocycles. The molecule has 1 N–H and O–H groups in total. The molecule has 0 aliphatic rings. The van der Waals surface area contributed by atoms with Crippen LogP contribution in [0.1, 0.15) is 110 Å². The van der Waals surface area contributed by atoms with Crippen LogP contribution in [0.15, 0.2) is 0 Å². The number of unbranched alkanes of at least 4 members (excludes halogenated alkanes) is 14. The van der Waals surface area contributed by atoms with Gasteiger partial charge in [0.15, 0.2) is 0 Å². The molecule has 0 aromatic rings. The van der Waals surface area contributed by atoms with Crippen LogP contribution < -0.4 is 0 Å². The summed E-state index contributed by atoms with van der Waals surface area (Å²) in [6, 6.07) is 0. The van der Waals surface area contributed by atoms with Gasteiger partial charge in [0.05, 0.1) is 0 Å². The maximum absolute atomic E-state index is 10.3. The molecule has 22 heavy (non-hydrogen) atoms. The van der Waals surface area contributed by atoms with Gasteiger partial charge in [-0.1, -0.05) is 96.8 Å². The second kappa shape index (κ2) is 24.3. The molecule has 0 atom stereocenters. The SMILES string of the molecule is CCCCCCCCCCCCCCCCCC(=O)O.[PbH2].[Zn]. The van der Waals surface area contributed by atoms with Crippen molar-refractivity contribution in [1.29, 1.82) is 0 Å². The van der Waals surface area contributed by atoms with E-state index in [-0.39, 0.29) is 46.8 Å². The second-order valence-corrected chi connectivity index (χ2v) is 6.09. The maximum Gasteiger partial charge on any atom is 0 e. The van der Waals surface area contributed by atoms with E-state index in [2.05, 4.69) is 6.92 Å². The molecule has 0 aliphatic carbocycles. The number of carboxylic acids is 1. The monoisotopic (exact) mass is 558 g/mol. The van der Waals surface area contributed by atoms with Crippen LogP contribution in [0.2, 0.25) is 0 Å². The first-order valence-electron chi connectivity index (χ1n) is 8.99. The predicted octanol–water partition coefficient (Wildman–Crippen LogP) is 5.41. The molecule has 2 radical (unpaired) electrons. The molecule has 0 bridgehead atoms. The van der Waals surface area contributed by atoms with Crippen LogP contribution in [0.5, 0.6) is 0 Å². The van der Waals surface area contributed by atoms with Gasteiger partial charge >= 0.3 is 33.3 Å². The standard InChI is InChI=1S/C18H36O2.Pb.Zn.2H/c1-2-3-4-5-6-7-8-9-10-11-12-13-14-15-16-17-18(19)20;;;;/h2-17H2,1H3,(H,19,20);;;;. The molecule has 2 nitrogen and oxygen atoms in total. The van der Waals surface area contributed by atoms with Crippen molar-refractivity contribution in [2.24, 2.45) is 0 Å². The Kier molecular flexibility index (Phi) is 30.7. The van der Waals surface area contributed by atoms with Crippen molar-refractivity contribution in [3.63, 3.8) is 0 Å². The van der Waals surface area contributed by atoms with Gasteiger partial charge < -0.3 is 5.11 Å². The zero-order valence-corrected chi connectivity index (χ0v) is 23.5. The van der Waals surface area contributed by atoms with E-state index >= 15 is 0 Å². The van der Waals surface area contributed by atoms with Crippen molar-refractivity contribution in [3.05, 3.63) is 0 Å². The van der Waals surface area contributed by atoms with Gasteiger partial charge in [0.1, 0.15) is 0 Å². The van der Waals surface area contributed by atoms with Crippen LogP contribution in [-0.2, 0) is 24.3 Å². The Morgan fingerprint density at radius 3 is 1.18 bits per heavy atom. The van der Waals surface area contributed by atoms with Gasteiger partial charge in [-0.3, -0.25) is 4.79 Å². The first-order chi connectivity index (χ1) is 9.77. The first kappa shape index (κ1) is 27.8. The van der Waals surface area contributed by atoms with Crippen molar-refractivity contribution in [2.75, 3.05) is 0 Å². The van der Waals surface area contributed by atoms with Crippen LogP contribution in [0, 0.1) is 0 Å². The number of hydrogen-bond donors (Lipinski definition) is 1. The van der Waals surface area contributed by atoms with E-state index in [4.69, 9.17) is 5.11 Å². The Morgan fingerprint density at radius 1 is 0.636 bits per heavy atom. The smallest absolute Gasteiger partial charge is 0 e. The Hall–Kier alpha value is 1.02. The van der Waals surface area contributed by atoms with Gasteiger partial charge in [0.25, 0.3) is 0 Å². The molecule has 0 aliphatic heterocycles. The van der Waals surface area contributed by atoms with Crippen molar-refractivity contribution < 1.29 is 29.4 Å². The molecule has 0 unspecified atom stereocenters. The van der Waals surface area contributed by atoms with Crippen LogP contribution >= 0.6 is 0 Å². The second-order valence-electron chi connectivity index (χ2n) is 6.09. The van der Waals surface area contributed by atoms with E-state index in [1.807, 2.05) is 0 Å². The fourth-order valence-electron chi connectivity index (χ4n) is 2.65. The quantitative estimate of drug-likeness (QED) is 0.203. The fraction of sp³-hybridized carbons (Fsp3) is 0.944. The fourth-order valence-corrected chi connectivity index (χ4v) is 2.65. The minimum Gasteiger partial charge on any atom is 0 e. The van der Waals surface area contributed by atoms with Gasteiger partial charge in [-0.05, 0) is 6.42 Å². The number of aliphatic carboxylic acids is 1. The Labute approximate surface area is 171 Å². The van der Waals surface area contributed by atoms with Crippen LogP contribution in [0.3, 0.4) is 0 Å². The summed E-state index contributed by atoms with van der Waals surface area (Å²) in [5.41, 5.74) is 0. The molecule has 0 saturated carbocycles. The van der Waals surface area contributed by atoms with Crippen molar-refractivity contribution in [3.8, 4) is 0 Å². The summed E-state index contributed by atoms with van der Waals surface area (Å²) in [5.74, 6) is -0.653. The molecule has 128 valence electrons. The van der Waals surface area contributed by atoms with Crippen LogP contribution in [0.4, 0.5) is 0 Å².